The summed E-state index contributed by atoms with van der Waals surface area (Å²) >= 11 is 1.08. The molecule has 0 radical (unpaired) electrons. The average Bonchev–Trinajstić information content (AvgIpc) is 3.17. The predicted octanol–water partition coefficient (Wildman–Crippen LogP) is 4.02. The number of phenols is 1. The van der Waals surface area contributed by atoms with Crippen LogP contribution in [0.1, 0.15) is 37.3 Å². The van der Waals surface area contributed by atoms with Crippen LogP contribution in [0.2, 0.25) is 0 Å². The van der Waals surface area contributed by atoms with Gasteiger partial charge in [0.2, 0.25) is 5.91 Å². The second-order valence-electron chi connectivity index (χ2n) is 7.75. The Morgan fingerprint density at radius 2 is 1.94 bits per heavy atom. The van der Waals surface area contributed by atoms with Gasteiger partial charge in [0.15, 0.2) is 0 Å². The molecule has 1 aromatic heterocycles. The summed E-state index contributed by atoms with van der Waals surface area (Å²) in [7, 11) is 0. The Morgan fingerprint density at radius 1 is 1.13 bits per heavy atom. The molecule has 2 aromatic carbocycles. The zero-order valence-corrected chi connectivity index (χ0v) is 18.7. The molecule has 0 spiro atoms. The zero-order valence-electron chi connectivity index (χ0n) is 17.9. The summed E-state index contributed by atoms with van der Waals surface area (Å²) in [5, 5.41) is 12.8. The molecular weight excluding hydrogens is 412 g/mol. The predicted molar refractivity (Wildman–Crippen MR) is 125 cm³/mol. The molecule has 31 heavy (non-hydrogen) atoms. The van der Waals surface area contributed by atoms with Crippen LogP contribution in [0.5, 0.6) is 5.75 Å². The number of aromatic amines is 1. The van der Waals surface area contributed by atoms with Gasteiger partial charge in [-0.05, 0) is 42.9 Å². The van der Waals surface area contributed by atoms with Gasteiger partial charge in [0.25, 0.3) is 0 Å². The minimum atomic E-state index is -0.195. The Kier molecular flexibility index (Phi) is 8.67. The monoisotopic (exact) mass is 442 g/mol. The van der Waals surface area contributed by atoms with Crippen molar-refractivity contribution in [3.05, 3.63) is 63.3 Å². The maximum Gasteiger partial charge on any atom is 0.305 e. The molecule has 0 fully saturated rings. The van der Waals surface area contributed by atoms with Crippen molar-refractivity contribution in [3.63, 3.8) is 0 Å². The first kappa shape index (κ1) is 23.0. The van der Waals surface area contributed by atoms with Crippen molar-refractivity contribution in [2.45, 2.75) is 39.0 Å². The first-order valence-electron chi connectivity index (χ1n) is 10.8. The van der Waals surface area contributed by atoms with Crippen LogP contribution in [0.4, 0.5) is 0 Å². The molecule has 3 rings (SSSR count). The van der Waals surface area contributed by atoms with E-state index in [1.807, 2.05) is 25.1 Å². The third-order valence-corrected chi connectivity index (χ3v) is 6.29. The second kappa shape index (κ2) is 11.7. The molecule has 1 amide bonds. The number of phenolic OH excluding ortho intramolecular Hbond substituents is 1. The molecule has 1 atom stereocenters. The number of aromatic nitrogens is 1. The highest BCUT2D eigenvalue weighted by atomic mass is 32.1. The summed E-state index contributed by atoms with van der Waals surface area (Å²) in [4.78, 5) is 26.4. The number of H-pyrrole nitrogens is 1. The molecule has 0 saturated carbocycles. The van der Waals surface area contributed by atoms with Gasteiger partial charge in [-0.1, -0.05) is 61.1 Å². The van der Waals surface area contributed by atoms with Crippen molar-refractivity contribution in [1.82, 2.24) is 10.3 Å². The average molecular weight is 443 g/mol. The van der Waals surface area contributed by atoms with Crippen LogP contribution in [-0.4, -0.2) is 35.8 Å². The zero-order chi connectivity index (χ0) is 22.1. The molecule has 0 aliphatic rings. The Bertz CT molecular complexity index is 1030. The third-order valence-electron chi connectivity index (χ3n) is 5.33. The maximum atomic E-state index is 12.3. The third kappa shape index (κ3) is 6.94. The molecule has 0 saturated heterocycles. The van der Waals surface area contributed by atoms with E-state index in [2.05, 4.69) is 22.4 Å². The standard InChI is InChI=1S/C24H30N2O4S/c1-17(7-5-6-15-30-16-13-18-8-3-2-4-9-18)23(28)25-14-12-19-10-11-20(27)21-22(19)31-24(29)26-21/h2-4,8-11,17,27H,5-7,12-16H2,1H3,(H,25,28)(H,26,29). The van der Waals surface area contributed by atoms with E-state index >= 15 is 0 Å². The number of aromatic hydroxyl groups is 1. The van der Waals surface area contributed by atoms with E-state index in [0.29, 0.717) is 18.5 Å². The van der Waals surface area contributed by atoms with Crippen LogP contribution < -0.4 is 10.2 Å². The van der Waals surface area contributed by atoms with Gasteiger partial charge in [-0.3, -0.25) is 9.59 Å². The summed E-state index contributed by atoms with van der Waals surface area (Å²) in [6.45, 7) is 3.89. The summed E-state index contributed by atoms with van der Waals surface area (Å²) < 4.78 is 6.45. The van der Waals surface area contributed by atoms with E-state index in [9.17, 15) is 14.7 Å². The Balaban J connectivity index is 1.29. The van der Waals surface area contributed by atoms with Gasteiger partial charge >= 0.3 is 4.87 Å². The van der Waals surface area contributed by atoms with Gasteiger partial charge in [-0.25, -0.2) is 0 Å². The molecule has 0 aliphatic heterocycles. The Morgan fingerprint density at radius 3 is 2.74 bits per heavy atom. The van der Waals surface area contributed by atoms with Crippen LogP contribution in [0, 0.1) is 5.92 Å². The highest BCUT2D eigenvalue weighted by Gasteiger charge is 2.13. The molecule has 7 heteroatoms. The normalized spacial score (nSPS) is 12.2. The summed E-state index contributed by atoms with van der Waals surface area (Å²) in [6, 6.07) is 13.7. The van der Waals surface area contributed by atoms with E-state index in [1.165, 1.54) is 5.56 Å². The first-order valence-corrected chi connectivity index (χ1v) is 11.6. The van der Waals surface area contributed by atoms with Crippen molar-refractivity contribution in [3.8, 4) is 5.75 Å². The number of carbonyl (C=O) groups excluding carboxylic acids is 1. The number of rotatable bonds is 12. The van der Waals surface area contributed by atoms with Gasteiger partial charge in [0, 0.05) is 19.1 Å². The number of benzene rings is 2. The number of fused-ring (bicyclic) bond motifs is 1. The fourth-order valence-corrected chi connectivity index (χ4v) is 4.38. The number of ether oxygens (including phenoxy) is 1. The van der Waals surface area contributed by atoms with Crippen molar-refractivity contribution in [2.75, 3.05) is 19.8 Å². The first-order chi connectivity index (χ1) is 15.0. The van der Waals surface area contributed by atoms with Gasteiger partial charge in [0.1, 0.15) is 11.3 Å². The Labute approximate surface area is 186 Å². The number of unbranched alkanes of at least 4 members (excludes halogenated alkanes) is 1. The largest absolute Gasteiger partial charge is 0.506 e. The smallest absolute Gasteiger partial charge is 0.305 e. The van der Waals surface area contributed by atoms with Gasteiger partial charge in [0.05, 0.1) is 11.3 Å². The molecule has 1 heterocycles. The van der Waals surface area contributed by atoms with E-state index in [4.69, 9.17) is 4.74 Å². The fraction of sp³-hybridized carbons (Fsp3) is 0.417. The van der Waals surface area contributed by atoms with Crippen molar-refractivity contribution >= 4 is 27.5 Å². The van der Waals surface area contributed by atoms with Crippen LogP contribution >= 0.6 is 11.3 Å². The number of thiazole rings is 1. The topological polar surface area (TPSA) is 91.4 Å². The van der Waals surface area contributed by atoms with E-state index in [0.717, 1.165) is 60.5 Å². The molecule has 0 bridgehead atoms. The lowest BCUT2D eigenvalue weighted by molar-refractivity contribution is -0.124. The van der Waals surface area contributed by atoms with E-state index < -0.39 is 0 Å². The lowest BCUT2D eigenvalue weighted by Gasteiger charge is -2.12. The SMILES string of the molecule is CC(CCCCOCCc1ccccc1)C(=O)NCCc1ccc(O)c2[nH]c(=O)sc12. The lowest BCUT2D eigenvalue weighted by Crippen LogP contribution is -2.30. The number of hydrogen-bond acceptors (Lipinski definition) is 5. The molecule has 166 valence electrons. The molecule has 0 aliphatic carbocycles. The minimum Gasteiger partial charge on any atom is -0.506 e. The van der Waals surface area contributed by atoms with E-state index in [-0.39, 0.29) is 22.4 Å². The molecular formula is C24H30N2O4S. The maximum absolute atomic E-state index is 12.3. The van der Waals surface area contributed by atoms with Crippen molar-refractivity contribution in [2.24, 2.45) is 5.92 Å². The van der Waals surface area contributed by atoms with Crippen LogP contribution in [0.15, 0.2) is 47.3 Å². The molecule has 3 N–H and O–H groups in total. The molecule has 6 nitrogen and oxygen atoms in total. The summed E-state index contributed by atoms with van der Waals surface area (Å²) in [5.74, 6) is 0.0635. The Hall–Kier alpha value is -2.64. The van der Waals surface area contributed by atoms with Gasteiger partial charge < -0.3 is 20.1 Å². The van der Waals surface area contributed by atoms with Crippen LogP contribution in [0.25, 0.3) is 10.2 Å². The molecule has 1 unspecified atom stereocenters. The summed E-state index contributed by atoms with van der Waals surface area (Å²) in [6.07, 6.45) is 4.27. The van der Waals surface area contributed by atoms with Crippen molar-refractivity contribution in [1.29, 1.82) is 0 Å². The quantitative estimate of drug-likeness (QED) is 0.370. The van der Waals surface area contributed by atoms with Crippen LogP contribution in [-0.2, 0) is 22.4 Å². The summed E-state index contributed by atoms with van der Waals surface area (Å²) in [5.41, 5.74) is 2.70. The van der Waals surface area contributed by atoms with Crippen LogP contribution in [0.3, 0.4) is 0 Å². The highest BCUT2D eigenvalue weighted by molar-refractivity contribution is 7.16. The van der Waals surface area contributed by atoms with E-state index in [1.54, 1.807) is 12.1 Å². The number of amides is 1. The second-order valence-corrected chi connectivity index (χ2v) is 8.73. The number of carbonyl (C=O) groups is 1. The van der Waals surface area contributed by atoms with Crippen molar-refractivity contribution < 1.29 is 14.6 Å². The lowest BCUT2D eigenvalue weighted by atomic mass is 10.0. The highest BCUT2D eigenvalue weighted by Crippen LogP contribution is 2.27. The number of hydrogen-bond donors (Lipinski definition) is 3. The molecule has 3 aromatic rings. The minimum absolute atomic E-state index is 0.0438. The fourth-order valence-electron chi connectivity index (χ4n) is 3.49. The number of nitrogens with one attached hydrogen (secondary N) is 2. The van der Waals surface area contributed by atoms with Gasteiger partial charge in [-0.2, -0.15) is 0 Å². The van der Waals surface area contributed by atoms with Gasteiger partial charge in [-0.15, -0.1) is 0 Å².